The fraction of sp³-hybridized carbons (Fsp3) is 0.273. The van der Waals surface area contributed by atoms with Gasteiger partial charge in [-0.15, -0.1) is 0 Å². The van der Waals surface area contributed by atoms with Gasteiger partial charge in [-0.25, -0.2) is 18.1 Å². The Labute approximate surface area is 130 Å². The zero-order chi connectivity index (χ0) is 14.8. The smallest absolute Gasteiger partial charge is 0.243 e. The molecule has 2 heterocycles. The molecule has 0 aromatic carbocycles. The van der Waals surface area contributed by atoms with Crippen molar-refractivity contribution in [2.75, 3.05) is 6.54 Å². The molecular formula is C11H12BrClN4O2S. The third-order valence-electron chi connectivity index (χ3n) is 2.53. The number of aromatic nitrogens is 3. The first-order valence-electron chi connectivity index (χ1n) is 5.67. The van der Waals surface area contributed by atoms with Crippen molar-refractivity contribution in [1.29, 1.82) is 0 Å². The Balaban J connectivity index is 2.06. The first-order valence-corrected chi connectivity index (χ1v) is 8.32. The van der Waals surface area contributed by atoms with Crippen molar-refractivity contribution in [3.8, 4) is 0 Å². The van der Waals surface area contributed by atoms with E-state index in [-0.39, 0.29) is 16.6 Å². The molecule has 0 saturated heterocycles. The number of nitrogens with zero attached hydrogens (tertiary/aromatic N) is 3. The zero-order valence-electron chi connectivity index (χ0n) is 10.5. The second-order valence-electron chi connectivity index (χ2n) is 4.11. The minimum absolute atomic E-state index is 0.0419. The van der Waals surface area contributed by atoms with Crippen LogP contribution in [0.15, 0.2) is 34.0 Å². The van der Waals surface area contributed by atoms with Gasteiger partial charge in [-0.3, -0.25) is 4.68 Å². The molecule has 0 radical (unpaired) electrons. The largest absolute Gasteiger partial charge is 0.276 e. The first-order chi connectivity index (χ1) is 9.38. The summed E-state index contributed by atoms with van der Waals surface area (Å²) in [6.45, 7) is 0.261. The number of nitrogens with one attached hydrogen (secondary N) is 1. The van der Waals surface area contributed by atoms with Gasteiger partial charge in [0.1, 0.15) is 10.0 Å². The number of rotatable bonds is 5. The summed E-state index contributed by atoms with van der Waals surface area (Å²) in [5.41, 5.74) is 0.952. The molecule has 2 rings (SSSR count). The normalized spacial score (nSPS) is 11.8. The van der Waals surface area contributed by atoms with Crippen LogP contribution in [-0.2, 0) is 23.5 Å². The molecule has 0 saturated carbocycles. The minimum atomic E-state index is -3.68. The quantitative estimate of drug-likeness (QED) is 0.803. The lowest BCUT2D eigenvalue weighted by Gasteiger charge is -2.07. The second-order valence-corrected chi connectivity index (χ2v) is 7.12. The molecule has 9 heteroatoms. The molecular weight excluding hydrogens is 368 g/mol. The highest BCUT2D eigenvalue weighted by Gasteiger charge is 2.18. The first kappa shape index (κ1) is 15.4. The summed E-state index contributed by atoms with van der Waals surface area (Å²) < 4.78 is 29.0. The van der Waals surface area contributed by atoms with E-state index in [2.05, 4.69) is 30.7 Å². The van der Waals surface area contributed by atoms with E-state index in [1.54, 1.807) is 17.9 Å². The molecule has 108 valence electrons. The predicted octanol–water partition coefficient (Wildman–Crippen LogP) is 1.75. The van der Waals surface area contributed by atoms with Crippen molar-refractivity contribution in [3.63, 3.8) is 0 Å². The highest BCUT2D eigenvalue weighted by Crippen LogP contribution is 2.22. The Morgan fingerprint density at radius 3 is 2.85 bits per heavy atom. The fourth-order valence-corrected chi connectivity index (χ4v) is 3.57. The molecule has 0 unspecified atom stereocenters. The highest BCUT2D eigenvalue weighted by molar-refractivity contribution is 9.10. The van der Waals surface area contributed by atoms with Crippen LogP contribution in [-0.4, -0.2) is 29.7 Å². The Hall–Kier alpha value is -0.960. The predicted molar refractivity (Wildman–Crippen MR) is 79.0 cm³/mol. The van der Waals surface area contributed by atoms with Crippen molar-refractivity contribution in [3.05, 3.63) is 39.8 Å². The summed E-state index contributed by atoms with van der Waals surface area (Å²) in [4.78, 5) is 3.76. The van der Waals surface area contributed by atoms with Gasteiger partial charge >= 0.3 is 0 Å². The van der Waals surface area contributed by atoms with Crippen molar-refractivity contribution >= 4 is 37.6 Å². The Morgan fingerprint density at radius 2 is 2.20 bits per heavy atom. The average molecular weight is 380 g/mol. The summed E-state index contributed by atoms with van der Waals surface area (Å²) >= 11 is 8.99. The molecule has 0 atom stereocenters. The topological polar surface area (TPSA) is 76.9 Å². The van der Waals surface area contributed by atoms with E-state index in [0.29, 0.717) is 10.9 Å². The molecule has 6 nitrogen and oxygen atoms in total. The molecule has 0 aliphatic rings. The summed E-state index contributed by atoms with van der Waals surface area (Å²) in [5.74, 6) is 0. The van der Waals surface area contributed by atoms with Gasteiger partial charge in [0, 0.05) is 30.5 Å². The van der Waals surface area contributed by atoms with E-state index in [0.717, 1.165) is 5.56 Å². The van der Waals surface area contributed by atoms with Crippen molar-refractivity contribution in [2.24, 2.45) is 7.05 Å². The highest BCUT2D eigenvalue weighted by atomic mass is 79.9. The molecule has 0 bridgehead atoms. The van der Waals surface area contributed by atoms with Crippen LogP contribution in [0.1, 0.15) is 5.56 Å². The fourth-order valence-electron chi connectivity index (χ4n) is 1.60. The maximum Gasteiger partial charge on any atom is 0.243 e. The maximum absolute atomic E-state index is 12.1. The lowest BCUT2D eigenvalue weighted by Crippen LogP contribution is -2.26. The Morgan fingerprint density at radius 1 is 1.45 bits per heavy atom. The van der Waals surface area contributed by atoms with E-state index in [4.69, 9.17) is 11.6 Å². The number of hydrogen-bond donors (Lipinski definition) is 1. The zero-order valence-corrected chi connectivity index (χ0v) is 13.7. The maximum atomic E-state index is 12.1. The van der Waals surface area contributed by atoms with Gasteiger partial charge in [-0.05, 0) is 34.0 Å². The number of sulfonamides is 1. The van der Waals surface area contributed by atoms with E-state index >= 15 is 0 Å². The molecule has 0 aliphatic carbocycles. The Kier molecular flexibility index (Phi) is 4.79. The minimum Gasteiger partial charge on any atom is -0.276 e. The molecule has 1 N–H and O–H groups in total. The molecule has 2 aromatic heterocycles. The van der Waals surface area contributed by atoms with Crippen LogP contribution in [0.4, 0.5) is 0 Å². The molecule has 2 aromatic rings. The van der Waals surface area contributed by atoms with Crippen LogP contribution >= 0.6 is 27.5 Å². The number of pyridine rings is 1. The molecule has 20 heavy (non-hydrogen) atoms. The third-order valence-corrected chi connectivity index (χ3v) is 4.85. The van der Waals surface area contributed by atoms with E-state index in [1.807, 2.05) is 6.20 Å². The average Bonchev–Trinajstić information content (AvgIpc) is 2.78. The lowest BCUT2D eigenvalue weighted by molar-refractivity contribution is 0.581. The van der Waals surface area contributed by atoms with Crippen LogP contribution in [0.5, 0.6) is 0 Å². The van der Waals surface area contributed by atoms with Gasteiger partial charge in [-0.2, -0.15) is 5.10 Å². The van der Waals surface area contributed by atoms with Crippen LogP contribution in [0, 0.1) is 0 Å². The summed E-state index contributed by atoms with van der Waals surface area (Å²) in [6, 6.07) is 1.42. The second kappa shape index (κ2) is 6.21. The van der Waals surface area contributed by atoms with E-state index < -0.39 is 10.0 Å². The summed E-state index contributed by atoms with van der Waals surface area (Å²) in [7, 11) is -1.87. The summed E-state index contributed by atoms with van der Waals surface area (Å²) in [5, 5.41) is 3.96. The van der Waals surface area contributed by atoms with Crippen LogP contribution in [0.3, 0.4) is 0 Å². The van der Waals surface area contributed by atoms with Gasteiger partial charge < -0.3 is 0 Å². The third kappa shape index (κ3) is 3.78. The van der Waals surface area contributed by atoms with Crippen molar-refractivity contribution < 1.29 is 8.42 Å². The van der Waals surface area contributed by atoms with Gasteiger partial charge in [-0.1, -0.05) is 11.6 Å². The van der Waals surface area contributed by atoms with Crippen LogP contribution in [0.25, 0.3) is 0 Å². The lowest BCUT2D eigenvalue weighted by atomic mass is 10.3. The van der Waals surface area contributed by atoms with Gasteiger partial charge in [0.15, 0.2) is 0 Å². The molecule has 0 amide bonds. The van der Waals surface area contributed by atoms with E-state index in [9.17, 15) is 8.42 Å². The van der Waals surface area contributed by atoms with Crippen LogP contribution < -0.4 is 4.72 Å². The van der Waals surface area contributed by atoms with Gasteiger partial charge in [0.05, 0.1) is 6.20 Å². The number of halogens is 2. The van der Waals surface area contributed by atoms with Crippen molar-refractivity contribution in [2.45, 2.75) is 11.3 Å². The summed E-state index contributed by atoms with van der Waals surface area (Å²) in [6.07, 6.45) is 5.52. The van der Waals surface area contributed by atoms with E-state index in [1.165, 1.54) is 12.3 Å². The number of aryl methyl sites for hydroxylation is 1. The SMILES string of the molecule is Cn1cc(CCNS(=O)(=O)c2cc(Br)cnc2Cl)cn1. The monoisotopic (exact) mass is 378 g/mol. The van der Waals surface area contributed by atoms with Gasteiger partial charge in [0.2, 0.25) is 10.0 Å². The molecule has 0 fully saturated rings. The molecule has 0 aliphatic heterocycles. The van der Waals surface area contributed by atoms with Crippen LogP contribution in [0.2, 0.25) is 5.15 Å². The number of hydrogen-bond acceptors (Lipinski definition) is 4. The standard InChI is InChI=1S/C11H12BrClN4O2S/c1-17-7-8(5-15-17)2-3-16-20(18,19)10-4-9(12)6-14-11(10)13/h4-7,16H,2-3H2,1H3. The Bertz CT molecular complexity index is 717. The van der Waals surface area contributed by atoms with Crippen molar-refractivity contribution in [1.82, 2.24) is 19.5 Å². The molecule has 0 spiro atoms. The van der Waals surface area contributed by atoms with Gasteiger partial charge in [0.25, 0.3) is 0 Å².